The van der Waals surface area contributed by atoms with Gasteiger partial charge in [-0.3, -0.25) is 4.79 Å². The van der Waals surface area contributed by atoms with Crippen LogP contribution in [0.5, 0.6) is 0 Å². The van der Waals surface area contributed by atoms with Crippen molar-refractivity contribution < 1.29 is 4.79 Å². The van der Waals surface area contributed by atoms with Crippen LogP contribution >= 0.6 is 11.3 Å². The van der Waals surface area contributed by atoms with Crippen LogP contribution in [0.1, 0.15) is 43.2 Å². The van der Waals surface area contributed by atoms with Crippen LogP contribution in [-0.4, -0.2) is 28.4 Å². The zero-order chi connectivity index (χ0) is 15.1. The SMILES string of the molecule is NC1CCC(C(=O)N2CCCC2c2nc3ccccc3s2)C1. The van der Waals surface area contributed by atoms with E-state index in [1.165, 1.54) is 4.70 Å². The zero-order valence-corrected chi connectivity index (χ0v) is 13.4. The van der Waals surface area contributed by atoms with E-state index >= 15 is 0 Å². The third kappa shape index (κ3) is 2.42. The van der Waals surface area contributed by atoms with E-state index in [0.29, 0.717) is 5.91 Å². The Balaban J connectivity index is 1.59. The fourth-order valence-electron chi connectivity index (χ4n) is 3.80. The van der Waals surface area contributed by atoms with Crippen LogP contribution < -0.4 is 5.73 Å². The molecule has 1 aliphatic carbocycles. The summed E-state index contributed by atoms with van der Waals surface area (Å²) < 4.78 is 1.21. The van der Waals surface area contributed by atoms with Crippen LogP contribution in [0.4, 0.5) is 0 Å². The van der Waals surface area contributed by atoms with Crippen LogP contribution in [0.2, 0.25) is 0 Å². The molecule has 2 fully saturated rings. The van der Waals surface area contributed by atoms with Crippen LogP contribution in [0.3, 0.4) is 0 Å². The number of para-hydroxylation sites is 1. The van der Waals surface area contributed by atoms with Crippen molar-refractivity contribution in [2.24, 2.45) is 11.7 Å². The molecule has 4 rings (SSSR count). The summed E-state index contributed by atoms with van der Waals surface area (Å²) in [6, 6.07) is 8.59. The molecule has 1 aliphatic heterocycles. The number of carbonyl (C=O) groups is 1. The second-order valence-electron chi connectivity index (χ2n) is 6.48. The maximum atomic E-state index is 12.8. The molecule has 3 atom stereocenters. The second-order valence-corrected chi connectivity index (χ2v) is 7.54. The molecule has 1 amide bonds. The lowest BCUT2D eigenvalue weighted by atomic mass is 10.1. The molecule has 2 N–H and O–H groups in total. The number of rotatable bonds is 2. The minimum Gasteiger partial charge on any atom is -0.333 e. The van der Waals surface area contributed by atoms with Gasteiger partial charge < -0.3 is 10.6 Å². The van der Waals surface area contributed by atoms with E-state index < -0.39 is 0 Å². The van der Waals surface area contributed by atoms with Gasteiger partial charge in [0.15, 0.2) is 0 Å². The van der Waals surface area contributed by atoms with Gasteiger partial charge in [-0.1, -0.05) is 12.1 Å². The maximum Gasteiger partial charge on any atom is 0.226 e. The smallest absolute Gasteiger partial charge is 0.226 e. The third-order valence-electron chi connectivity index (χ3n) is 4.95. The molecule has 0 radical (unpaired) electrons. The van der Waals surface area contributed by atoms with E-state index in [4.69, 9.17) is 10.7 Å². The van der Waals surface area contributed by atoms with Crippen molar-refractivity contribution in [3.8, 4) is 0 Å². The fraction of sp³-hybridized carbons (Fsp3) is 0.529. The maximum absolute atomic E-state index is 12.8. The number of fused-ring (bicyclic) bond motifs is 1. The number of carbonyl (C=O) groups excluding carboxylic acids is 1. The Hall–Kier alpha value is -1.46. The summed E-state index contributed by atoms with van der Waals surface area (Å²) in [5, 5.41) is 1.09. The molecule has 3 unspecified atom stereocenters. The van der Waals surface area contributed by atoms with Crippen LogP contribution in [-0.2, 0) is 4.79 Å². The van der Waals surface area contributed by atoms with E-state index in [9.17, 15) is 4.79 Å². The molecule has 1 saturated carbocycles. The molecular formula is C17H21N3OS. The first-order valence-corrected chi connectivity index (χ1v) is 8.95. The van der Waals surface area contributed by atoms with Gasteiger partial charge in [-0.2, -0.15) is 0 Å². The Morgan fingerprint density at radius 3 is 2.91 bits per heavy atom. The number of amides is 1. The number of hydrogen-bond acceptors (Lipinski definition) is 4. The molecular weight excluding hydrogens is 294 g/mol. The van der Waals surface area contributed by atoms with E-state index in [0.717, 1.165) is 49.2 Å². The summed E-state index contributed by atoms with van der Waals surface area (Å²) in [4.78, 5) is 19.7. The topological polar surface area (TPSA) is 59.2 Å². The number of benzene rings is 1. The first-order chi connectivity index (χ1) is 10.7. The van der Waals surface area contributed by atoms with Crippen LogP contribution in [0, 0.1) is 5.92 Å². The van der Waals surface area contributed by atoms with E-state index in [2.05, 4.69) is 11.0 Å². The molecule has 116 valence electrons. The van der Waals surface area contributed by atoms with Crippen molar-refractivity contribution in [1.82, 2.24) is 9.88 Å². The Morgan fingerprint density at radius 1 is 1.27 bits per heavy atom. The van der Waals surface area contributed by atoms with Crippen molar-refractivity contribution >= 4 is 27.5 Å². The molecule has 1 aromatic carbocycles. The van der Waals surface area contributed by atoms with Gasteiger partial charge in [-0.05, 0) is 44.2 Å². The van der Waals surface area contributed by atoms with Gasteiger partial charge in [-0.25, -0.2) is 4.98 Å². The van der Waals surface area contributed by atoms with E-state index in [-0.39, 0.29) is 18.0 Å². The van der Waals surface area contributed by atoms with Crippen molar-refractivity contribution in [3.05, 3.63) is 29.3 Å². The molecule has 2 aromatic rings. The first-order valence-electron chi connectivity index (χ1n) is 8.14. The predicted molar refractivity (Wildman–Crippen MR) is 88.6 cm³/mol. The van der Waals surface area contributed by atoms with Gasteiger partial charge >= 0.3 is 0 Å². The van der Waals surface area contributed by atoms with Crippen LogP contribution in [0.15, 0.2) is 24.3 Å². The molecule has 0 spiro atoms. The number of nitrogens with zero attached hydrogens (tertiary/aromatic N) is 2. The molecule has 22 heavy (non-hydrogen) atoms. The van der Waals surface area contributed by atoms with E-state index in [1.54, 1.807) is 11.3 Å². The summed E-state index contributed by atoms with van der Waals surface area (Å²) >= 11 is 1.73. The minimum absolute atomic E-state index is 0.130. The summed E-state index contributed by atoms with van der Waals surface area (Å²) in [7, 11) is 0. The summed E-state index contributed by atoms with van der Waals surface area (Å²) in [5.74, 6) is 0.430. The Kier molecular flexibility index (Phi) is 3.62. The van der Waals surface area contributed by atoms with Gasteiger partial charge in [0.25, 0.3) is 0 Å². The van der Waals surface area contributed by atoms with Gasteiger partial charge in [0.2, 0.25) is 5.91 Å². The molecule has 2 aliphatic rings. The summed E-state index contributed by atoms with van der Waals surface area (Å²) in [6.07, 6.45) is 4.89. The molecule has 2 heterocycles. The lowest BCUT2D eigenvalue weighted by Gasteiger charge is -2.26. The van der Waals surface area contributed by atoms with Crippen molar-refractivity contribution in [2.75, 3.05) is 6.54 Å². The number of likely N-dealkylation sites (tertiary alicyclic amines) is 1. The molecule has 1 saturated heterocycles. The highest BCUT2D eigenvalue weighted by Gasteiger charge is 2.37. The average molecular weight is 315 g/mol. The van der Waals surface area contributed by atoms with Crippen LogP contribution in [0.25, 0.3) is 10.2 Å². The Morgan fingerprint density at radius 2 is 2.14 bits per heavy atom. The van der Waals surface area contributed by atoms with E-state index in [1.807, 2.05) is 18.2 Å². The van der Waals surface area contributed by atoms with Gasteiger partial charge in [0.1, 0.15) is 5.01 Å². The average Bonchev–Trinajstić information content (AvgIpc) is 3.24. The summed E-state index contributed by atoms with van der Waals surface area (Å²) in [6.45, 7) is 0.866. The monoisotopic (exact) mass is 315 g/mol. The lowest BCUT2D eigenvalue weighted by Crippen LogP contribution is -2.35. The minimum atomic E-state index is 0.130. The predicted octanol–water partition coefficient (Wildman–Crippen LogP) is 3.09. The normalized spacial score (nSPS) is 28.6. The highest BCUT2D eigenvalue weighted by molar-refractivity contribution is 7.18. The number of hydrogen-bond donors (Lipinski definition) is 1. The molecule has 4 nitrogen and oxygen atoms in total. The number of nitrogens with two attached hydrogens (primary N) is 1. The highest BCUT2D eigenvalue weighted by atomic mass is 32.1. The largest absolute Gasteiger partial charge is 0.333 e. The fourth-order valence-corrected chi connectivity index (χ4v) is 4.91. The Labute approximate surface area is 134 Å². The standard InChI is InChI=1S/C17H21N3OS/c18-12-8-7-11(10-12)17(21)20-9-3-5-14(20)16-19-13-4-1-2-6-15(13)22-16/h1-2,4,6,11-12,14H,3,5,7-10,18H2. The molecule has 1 aromatic heterocycles. The van der Waals surface area contributed by atoms with Gasteiger partial charge in [-0.15, -0.1) is 11.3 Å². The Bertz CT molecular complexity index is 665. The first kappa shape index (κ1) is 14.2. The quantitative estimate of drug-likeness (QED) is 0.926. The number of thiazole rings is 1. The van der Waals surface area contributed by atoms with Crippen molar-refractivity contribution in [2.45, 2.75) is 44.2 Å². The van der Waals surface area contributed by atoms with Gasteiger partial charge in [0.05, 0.1) is 16.3 Å². The van der Waals surface area contributed by atoms with Crippen molar-refractivity contribution in [3.63, 3.8) is 0 Å². The molecule has 0 bridgehead atoms. The zero-order valence-electron chi connectivity index (χ0n) is 12.6. The highest BCUT2D eigenvalue weighted by Crippen LogP contribution is 2.38. The lowest BCUT2D eigenvalue weighted by molar-refractivity contribution is -0.136. The van der Waals surface area contributed by atoms with Gasteiger partial charge in [0, 0.05) is 18.5 Å². The second kappa shape index (κ2) is 5.63. The number of aromatic nitrogens is 1. The summed E-state index contributed by atoms with van der Waals surface area (Å²) in [5.41, 5.74) is 7.02. The van der Waals surface area contributed by atoms with Crippen molar-refractivity contribution in [1.29, 1.82) is 0 Å². The molecule has 5 heteroatoms. The third-order valence-corrected chi connectivity index (χ3v) is 6.09.